The number of nitrogens with two attached hydrogens (primary N) is 1. The van der Waals surface area contributed by atoms with Crippen molar-refractivity contribution in [3.63, 3.8) is 0 Å². The first-order valence-corrected chi connectivity index (χ1v) is 13.3. The van der Waals surface area contributed by atoms with Crippen molar-refractivity contribution in [2.75, 3.05) is 33.2 Å². The van der Waals surface area contributed by atoms with E-state index < -0.39 is 24.0 Å². The molecule has 7 atom stereocenters. The number of aliphatic imine (C=N–C) groups is 1. The molecule has 204 valence electrons. The molecule has 4 heterocycles. The Morgan fingerprint density at radius 2 is 2.08 bits per heavy atom. The van der Waals surface area contributed by atoms with Crippen LogP contribution < -0.4 is 21.7 Å². The first kappa shape index (κ1) is 27.2. The van der Waals surface area contributed by atoms with E-state index in [0.29, 0.717) is 37.4 Å². The zero-order valence-electron chi connectivity index (χ0n) is 21.1. The standard InChI is InChI=1S/C23H35N7O6S/c1-10-17-16(11(2)31)21(34)30(17)18(22(35)36)19(10)37-13-6-14(26-7-13)20(33)29-5-4-12(9-29)28-15(32)8-27-23(24)25-3/h10-14,16-17,26,31H,4-9H2,1-3H3,(H,28,32)(H,35,36)(H3,24,25,27)/t10-,11-,12+,13+,14+,16-,17-/m1/s1. The van der Waals surface area contributed by atoms with E-state index >= 15 is 0 Å². The fraction of sp³-hybridized carbons (Fsp3) is 0.696. The number of hydrogen-bond acceptors (Lipinski definition) is 8. The van der Waals surface area contributed by atoms with E-state index in [1.807, 2.05) is 6.92 Å². The summed E-state index contributed by atoms with van der Waals surface area (Å²) in [5.41, 5.74) is 5.53. The van der Waals surface area contributed by atoms with Gasteiger partial charge in [0, 0.05) is 48.8 Å². The van der Waals surface area contributed by atoms with Gasteiger partial charge in [-0.25, -0.2) is 4.79 Å². The molecule has 0 unspecified atom stereocenters. The molecule has 0 aliphatic carbocycles. The molecule has 3 amide bonds. The predicted octanol–water partition coefficient (Wildman–Crippen LogP) is -2.14. The van der Waals surface area contributed by atoms with E-state index in [4.69, 9.17) is 5.73 Å². The van der Waals surface area contributed by atoms with Gasteiger partial charge in [0.15, 0.2) is 5.96 Å². The maximum absolute atomic E-state index is 13.1. The summed E-state index contributed by atoms with van der Waals surface area (Å²) in [5, 5.41) is 28.7. The van der Waals surface area contributed by atoms with E-state index in [1.165, 1.54) is 23.7 Å². The van der Waals surface area contributed by atoms with Crippen LogP contribution in [0.3, 0.4) is 0 Å². The van der Waals surface area contributed by atoms with Crippen LogP contribution >= 0.6 is 11.8 Å². The zero-order valence-corrected chi connectivity index (χ0v) is 22.0. The Morgan fingerprint density at radius 3 is 2.73 bits per heavy atom. The molecule has 4 aliphatic rings. The van der Waals surface area contributed by atoms with E-state index in [2.05, 4.69) is 20.9 Å². The molecule has 3 fully saturated rings. The Bertz CT molecular complexity index is 1030. The van der Waals surface area contributed by atoms with Gasteiger partial charge < -0.3 is 41.7 Å². The molecule has 37 heavy (non-hydrogen) atoms. The van der Waals surface area contributed by atoms with Crippen LogP contribution in [-0.2, 0) is 19.2 Å². The second kappa shape index (κ2) is 10.9. The molecule has 4 aliphatic heterocycles. The highest BCUT2D eigenvalue weighted by atomic mass is 32.2. The van der Waals surface area contributed by atoms with Crippen LogP contribution in [0.25, 0.3) is 0 Å². The Hall–Kier alpha value is -2.84. The largest absolute Gasteiger partial charge is 0.477 e. The summed E-state index contributed by atoms with van der Waals surface area (Å²) in [6.07, 6.45) is 0.333. The maximum Gasteiger partial charge on any atom is 0.353 e. The van der Waals surface area contributed by atoms with Crippen LogP contribution in [0.5, 0.6) is 0 Å². The number of aliphatic hydroxyl groups is 1. The van der Waals surface area contributed by atoms with Crippen molar-refractivity contribution >= 4 is 41.4 Å². The number of aliphatic carboxylic acids is 1. The number of hydrogen-bond donors (Lipinski definition) is 6. The fourth-order valence-corrected chi connectivity index (χ4v) is 7.15. The number of aliphatic hydroxyl groups excluding tert-OH is 1. The minimum Gasteiger partial charge on any atom is -0.477 e. The molecule has 13 nitrogen and oxygen atoms in total. The molecule has 3 saturated heterocycles. The second-order valence-electron chi connectivity index (χ2n) is 10.0. The Kier molecular flexibility index (Phi) is 7.99. The summed E-state index contributed by atoms with van der Waals surface area (Å²) in [4.78, 5) is 57.2. The van der Waals surface area contributed by atoms with Crippen molar-refractivity contribution in [2.24, 2.45) is 22.6 Å². The SMILES string of the molecule is CN=C(N)NCC(=O)N[C@H]1CCN(C(=O)[C@@H]2C[C@H](SC3=C(C(=O)O)N4C(=O)[C@H]([C@@H](C)O)[C@H]4[C@H]3C)CN2)C1. The molecule has 0 aromatic carbocycles. The summed E-state index contributed by atoms with van der Waals surface area (Å²) < 4.78 is 0. The Balaban J connectivity index is 1.31. The minimum absolute atomic E-state index is 0.00115. The number of nitrogens with one attached hydrogen (secondary N) is 3. The molecule has 0 saturated carbocycles. The summed E-state index contributed by atoms with van der Waals surface area (Å²) in [6, 6.07) is -0.898. The molecule has 0 aromatic rings. The average Bonchev–Trinajstić information content (AvgIpc) is 3.55. The van der Waals surface area contributed by atoms with E-state index in [1.54, 1.807) is 11.8 Å². The molecule has 7 N–H and O–H groups in total. The number of nitrogens with zero attached hydrogens (tertiary/aromatic N) is 3. The number of thioether (sulfide) groups is 1. The number of rotatable bonds is 8. The summed E-state index contributed by atoms with van der Waals surface area (Å²) in [6.45, 7) is 4.94. The van der Waals surface area contributed by atoms with Gasteiger partial charge in [-0.3, -0.25) is 19.4 Å². The number of β-lactam (4-membered cyclic amide) rings is 1. The lowest BCUT2D eigenvalue weighted by Crippen LogP contribution is -2.63. The number of amides is 3. The molecule has 4 rings (SSSR count). The second-order valence-corrected chi connectivity index (χ2v) is 11.4. The van der Waals surface area contributed by atoms with E-state index in [0.717, 1.165) is 0 Å². The summed E-state index contributed by atoms with van der Waals surface area (Å²) in [7, 11) is 1.52. The van der Waals surface area contributed by atoms with Crippen molar-refractivity contribution in [3.8, 4) is 0 Å². The molecule has 14 heteroatoms. The normalized spacial score (nSPS) is 32.3. The van der Waals surface area contributed by atoms with Gasteiger partial charge in [-0.05, 0) is 19.8 Å². The van der Waals surface area contributed by atoms with Gasteiger partial charge >= 0.3 is 5.97 Å². The number of carbonyl (C=O) groups excluding carboxylic acids is 3. The number of likely N-dealkylation sites (tertiary alicyclic amines) is 1. The minimum atomic E-state index is -1.15. The van der Waals surface area contributed by atoms with Gasteiger partial charge in [-0.15, -0.1) is 11.8 Å². The third-order valence-corrected chi connectivity index (χ3v) is 9.04. The van der Waals surface area contributed by atoms with Gasteiger partial charge in [0.1, 0.15) is 5.70 Å². The van der Waals surface area contributed by atoms with Crippen molar-refractivity contribution in [2.45, 2.75) is 56.2 Å². The van der Waals surface area contributed by atoms with Crippen LogP contribution in [0.1, 0.15) is 26.7 Å². The van der Waals surface area contributed by atoms with Crippen molar-refractivity contribution < 1.29 is 29.4 Å². The number of carboxylic acid groups (broad SMARTS) is 1. The highest BCUT2D eigenvalue weighted by Crippen LogP contribution is 2.51. The van der Waals surface area contributed by atoms with Gasteiger partial charge in [-0.1, -0.05) is 6.92 Å². The fourth-order valence-electron chi connectivity index (χ4n) is 5.67. The zero-order chi connectivity index (χ0) is 27.0. The quantitative estimate of drug-likeness (QED) is 0.113. The number of carboxylic acids is 1. The molecule has 0 radical (unpaired) electrons. The molecule has 0 spiro atoms. The van der Waals surface area contributed by atoms with Gasteiger partial charge in [-0.2, -0.15) is 0 Å². The highest BCUT2D eigenvalue weighted by molar-refractivity contribution is 8.03. The Labute approximate surface area is 219 Å². The third kappa shape index (κ3) is 5.27. The van der Waals surface area contributed by atoms with Crippen LogP contribution in [0, 0.1) is 11.8 Å². The maximum atomic E-state index is 13.1. The van der Waals surface area contributed by atoms with E-state index in [9.17, 15) is 29.4 Å². The first-order chi connectivity index (χ1) is 17.5. The number of fused-ring (bicyclic) bond motifs is 1. The lowest BCUT2D eigenvalue weighted by molar-refractivity contribution is -0.163. The summed E-state index contributed by atoms with van der Waals surface area (Å²) in [5.74, 6) is -2.41. The third-order valence-electron chi connectivity index (χ3n) is 7.53. The molecular formula is C23H35N7O6S. The molecular weight excluding hydrogens is 502 g/mol. The van der Waals surface area contributed by atoms with Crippen LogP contribution in [0.15, 0.2) is 15.6 Å². The van der Waals surface area contributed by atoms with Crippen LogP contribution in [0.4, 0.5) is 0 Å². The van der Waals surface area contributed by atoms with Crippen LogP contribution in [0.2, 0.25) is 0 Å². The average molecular weight is 538 g/mol. The van der Waals surface area contributed by atoms with Crippen molar-refractivity contribution in [3.05, 3.63) is 10.6 Å². The van der Waals surface area contributed by atoms with Crippen molar-refractivity contribution in [1.29, 1.82) is 0 Å². The van der Waals surface area contributed by atoms with Gasteiger partial charge in [0.25, 0.3) is 0 Å². The number of guanidine groups is 1. The van der Waals surface area contributed by atoms with Gasteiger partial charge in [0.05, 0.1) is 30.7 Å². The Morgan fingerprint density at radius 1 is 1.35 bits per heavy atom. The highest BCUT2D eigenvalue weighted by Gasteiger charge is 2.60. The summed E-state index contributed by atoms with van der Waals surface area (Å²) >= 11 is 1.41. The van der Waals surface area contributed by atoms with E-state index in [-0.39, 0.29) is 59.2 Å². The first-order valence-electron chi connectivity index (χ1n) is 12.5. The lowest BCUT2D eigenvalue weighted by Gasteiger charge is -2.46. The topological polar surface area (TPSA) is 190 Å². The lowest BCUT2D eigenvalue weighted by atomic mass is 9.79. The molecule has 0 bridgehead atoms. The molecule has 0 aromatic heterocycles. The van der Waals surface area contributed by atoms with Crippen molar-refractivity contribution in [1.82, 2.24) is 25.8 Å². The number of carbonyl (C=O) groups is 4. The smallest absolute Gasteiger partial charge is 0.353 e. The monoisotopic (exact) mass is 537 g/mol. The predicted molar refractivity (Wildman–Crippen MR) is 136 cm³/mol. The van der Waals surface area contributed by atoms with Gasteiger partial charge in [0.2, 0.25) is 17.7 Å². The van der Waals surface area contributed by atoms with Crippen LogP contribution in [-0.4, -0.2) is 112 Å².